The van der Waals surface area contributed by atoms with Crippen LogP contribution in [0.1, 0.15) is 13.3 Å². The van der Waals surface area contributed by atoms with Gasteiger partial charge in [-0.05, 0) is 13.3 Å². The first-order valence-corrected chi connectivity index (χ1v) is 6.66. The highest BCUT2D eigenvalue weighted by molar-refractivity contribution is 7.91. The van der Waals surface area contributed by atoms with Crippen LogP contribution in [0.4, 0.5) is 0 Å². The Kier molecular flexibility index (Phi) is 3.88. The zero-order valence-corrected chi connectivity index (χ0v) is 9.38. The number of nitrogens with one attached hydrogen (secondary N) is 1. The summed E-state index contributed by atoms with van der Waals surface area (Å²) in [6.45, 7) is 2.97. The van der Waals surface area contributed by atoms with Crippen molar-refractivity contribution in [3.05, 3.63) is 0 Å². The summed E-state index contributed by atoms with van der Waals surface area (Å²) >= 11 is 0. The topological polar surface area (TPSA) is 81.4 Å². The molecule has 0 aromatic rings. The molecule has 1 fully saturated rings. The largest absolute Gasteiger partial charge is 0.374 e. The van der Waals surface area contributed by atoms with Gasteiger partial charge in [0.05, 0.1) is 12.7 Å². The second kappa shape index (κ2) is 4.57. The van der Waals surface area contributed by atoms with Crippen molar-refractivity contribution in [1.29, 1.82) is 0 Å². The third-order valence-electron chi connectivity index (χ3n) is 2.18. The number of hydrogen-bond donors (Lipinski definition) is 2. The first-order valence-electron chi connectivity index (χ1n) is 4.70. The molecule has 3 atom stereocenters. The summed E-state index contributed by atoms with van der Waals surface area (Å²) in [6, 6.07) is -0.0517. The lowest BCUT2D eigenvalue weighted by Gasteiger charge is -2.32. The van der Waals surface area contributed by atoms with E-state index in [9.17, 15) is 8.42 Å². The van der Waals surface area contributed by atoms with Gasteiger partial charge in [-0.1, -0.05) is 0 Å². The van der Waals surface area contributed by atoms with Crippen LogP contribution in [0.15, 0.2) is 0 Å². The van der Waals surface area contributed by atoms with Gasteiger partial charge in [-0.15, -0.1) is 0 Å². The lowest BCUT2D eigenvalue weighted by Crippen LogP contribution is -2.53. The maximum atomic E-state index is 11.4. The molecule has 0 radical (unpaired) electrons. The van der Waals surface area contributed by atoms with Gasteiger partial charge in [-0.2, -0.15) is 0 Å². The van der Waals surface area contributed by atoms with Gasteiger partial charge in [0, 0.05) is 18.8 Å². The van der Waals surface area contributed by atoms with Gasteiger partial charge in [0.2, 0.25) is 0 Å². The minimum atomic E-state index is -3.11. The Morgan fingerprint density at radius 1 is 1.64 bits per heavy atom. The van der Waals surface area contributed by atoms with E-state index in [0.29, 0.717) is 19.6 Å². The van der Waals surface area contributed by atoms with Crippen LogP contribution >= 0.6 is 0 Å². The quantitative estimate of drug-likeness (QED) is 0.645. The molecule has 1 saturated heterocycles. The van der Waals surface area contributed by atoms with Gasteiger partial charge in [0.25, 0.3) is 0 Å². The molecule has 1 aliphatic rings. The fourth-order valence-corrected chi connectivity index (χ4v) is 2.78. The van der Waals surface area contributed by atoms with E-state index < -0.39 is 15.2 Å². The minimum absolute atomic E-state index is 0.0517. The Labute approximate surface area is 84.9 Å². The van der Waals surface area contributed by atoms with Crippen LogP contribution in [-0.4, -0.2) is 45.3 Å². The van der Waals surface area contributed by atoms with E-state index >= 15 is 0 Å². The van der Waals surface area contributed by atoms with E-state index in [-0.39, 0.29) is 12.1 Å². The highest BCUT2D eigenvalue weighted by Crippen LogP contribution is 2.14. The van der Waals surface area contributed by atoms with Crippen molar-refractivity contribution in [2.45, 2.75) is 30.9 Å². The molecule has 84 valence electrons. The zero-order chi connectivity index (χ0) is 10.8. The highest BCUT2D eigenvalue weighted by Gasteiger charge is 2.33. The van der Waals surface area contributed by atoms with Crippen LogP contribution in [0.3, 0.4) is 0 Å². The molecule has 0 aliphatic carbocycles. The van der Waals surface area contributed by atoms with Crippen molar-refractivity contribution >= 4 is 9.84 Å². The molecule has 0 saturated carbocycles. The smallest absolute Gasteiger partial charge is 0.165 e. The van der Waals surface area contributed by atoms with Crippen LogP contribution in [-0.2, 0) is 14.6 Å². The summed E-state index contributed by atoms with van der Waals surface area (Å²) in [5.74, 6) is 0. The predicted octanol–water partition coefficient (Wildman–Crippen LogP) is -0.917. The Bertz CT molecular complexity index is 276. The van der Waals surface area contributed by atoms with Crippen molar-refractivity contribution < 1.29 is 13.2 Å². The third-order valence-corrected chi connectivity index (χ3v) is 3.58. The predicted molar refractivity (Wildman–Crippen MR) is 54.6 cm³/mol. The van der Waals surface area contributed by atoms with Crippen molar-refractivity contribution in [3.63, 3.8) is 0 Å². The average Bonchev–Trinajstić information content (AvgIpc) is 2.01. The zero-order valence-electron chi connectivity index (χ0n) is 8.56. The summed E-state index contributed by atoms with van der Waals surface area (Å²) in [7, 11) is -3.11. The normalized spacial score (nSPS) is 31.4. The van der Waals surface area contributed by atoms with Gasteiger partial charge in [-0.25, -0.2) is 8.42 Å². The first-order chi connectivity index (χ1) is 6.41. The Morgan fingerprint density at radius 3 is 2.79 bits per heavy atom. The molecule has 14 heavy (non-hydrogen) atoms. The highest BCUT2D eigenvalue weighted by atomic mass is 32.2. The monoisotopic (exact) mass is 222 g/mol. The van der Waals surface area contributed by atoms with Crippen LogP contribution in [0.5, 0.6) is 0 Å². The third kappa shape index (κ3) is 3.20. The van der Waals surface area contributed by atoms with Crippen molar-refractivity contribution in [2.24, 2.45) is 5.73 Å². The number of morpholine rings is 1. The molecular weight excluding hydrogens is 204 g/mol. The second-order valence-corrected chi connectivity index (χ2v) is 5.99. The van der Waals surface area contributed by atoms with E-state index in [1.807, 2.05) is 6.92 Å². The van der Waals surface area contributed by atoms with Crippen LogP contribution in [0.25, 0.3) is 0 Å². The van der Waals surface area contributed by atoms with Gasteiger partial charge in [0.1, 0.15) is 5.37 Å². The molecule has 3 unspecified atom stereocenters. The lowest BCUT2D eigenvalue weighted by molar-refractivity contribution is 0.00937. The van der Waals surface area contributed by atoms with E-state index in [2.05, 4.69) is 5.32 Å². The van der Waals surface area contributed by atoms with E-state index in [4.69, 9.17) is 10.5 Å². The molecule has 1 aliphatic heterocycles. The standard InChI is InChI=1S/C8H18N2O3S/c1-6(9)5-7-8(14(2,11)12)10-3-4-13-7/h6-8,10H,3-5,9H2,1-2H3. The maximum Gasteiger partial charge on any atom is 0.165 e. The molecule has 1 heterocycles. The summed E-state index contributed by atoms with van der Waals surface area (Å²) in [4.78, 5) is 0. The molecule has 1 rings (SSSR count). The molecule has 0 amide bonds. The van der Waals surface area contributed by atoms with Crippen LogP contribution in [0.2, 0.25) is 0 Å². The van der Waals surface area contributed by atoms with Crippen molar-refractivity contribution in [2.75, 3.05) is 19.4 Å². The fraction of sp³-hybridized carbons (Fsp3) is 1.00. The molecule has 0 spiro atoms. The number of hydrogen-bond acceptors (Lipinski definition) is 5. The molecule has 6 heteroatoms. The summed E-state index contributed by atoms with van der Waals surface area (Å²) in [5.41, 5.74) is 5.63. The van der Waals surface area contributed by atoms with Crippen molar-refractivity contribution in [1.82, 2.24) is 5.32 Å². The number of nitrogens with two attached hydrogens (primary N) is 1. The van der Waals surface area contributed by atoms with Gasteiger partial charge >= 0.3 is 0 Å². The molecule has 0 aromatic heterocycles. The number of sulfone groups is 1. The molecule has 0 aromatic carbocycles. The van der Waals surface area contributed by atoms with Crippen molar-refractivity contribution in [3.8, 4) is 0 Å². The molecular formula is C8H18N2O3S. The van der Waals surface area contributed by atoms with Crippen LogP contribution in [0, 0.1) is 0 Å². The number of ether oxygens (including phenoxy) is 1. The summed E-state index contributed by atoms with van der Waals surface area (Å²) in [5, 5.41) is 2.34. The second-order valence-electron chi connectivity index (χ2n) is 3.83. The molecule has 3 N–H and O–H groups in total. The first kappa shape index (κ1) is 11.9. The van der Waals surface area contributed by atoms with E-state index in [1.54, 1.807) is 0 Å². The minimum Gasteiger partial charge on any atom is -0.374 e. The van der Waals surface area contributed by atoms with Crippen LogP contribution < -0.4 is 11.1 Å². The number of rotatable bonds is 3. The Hall–Kier alpha value is -0.170. The maximum absolute atomic E-state index is 11.4. The van der Waals surface area contributed by atoms with Gasteiger partial charge in [0.15, 0.2) is 9.84 Å². The van der Waals surface area contributed by atoms with E-state index in [0.717, 1.165) is 0 Å². The molecule has 5 nitrogen and oxygen atoms in total. The average molecular weight is 222 g/mol. The SMILES string of the molecule is CC(N)CC1OCCNC1S(C)(=O)=O. The van der Waals surface area contributed by atoms with Gasteiger partial charge < -0.3 is 10.5 Å². The fourth-order valence-electron chi connectivity index (χ4n) is 1.62. The summed E-state index contributed by atoms with van der Waals surface area (Å²) in [6.07, 6.45) is 1.46. The van der Waals surface area contributed by atoms with E-state index in [1.165, 1.54) is 6.26 Å². The summed E-state index contributed by atoms with van der Waals surface area (Å²) < 4.78 is 28.2. The Balaban J connectivity index is 2.69. The Morgan fingerprint density at radius 2 is 2.29 bits per heavy atom. The lowest BCUT2D eigenvalue weighted by atomic mass is 10.1. The van der Waals surface area contributed by atoms with Gasteiger partial charge in [-0.3, -0.25) is 5.32 Å². The molecule has 0 bridgehead atoms.